The molecular weight excluding hydrogens is 170 g/mol. The molecule has 4 nitrogen and oxygen atoms in total. The molecule has 0 aromatic carbocycles. The van der Waals surface area contributed by atoms with E-state index in [2.05, 4.69) is 11.9 Å². The lowest BCUT2D eigenvalue weighted by Gasteiger charge is -2.21. The second-order valence-electron chi connectivity index (χ2n) is 2.83. The van der Waals surface area contributed by atoms with Gasteiger partial charge >= 0.3 is 5.97 Å². The van der Waals surface area contributed by atoms with Crippen LogP contribution in [0.5, 0.6) is 0 Å². The van der Waals surface area contributed by atoms with Crippen LogP contribution in [0.2, 0.25) is 0 Å². The van der Waals surface area contributed by atoms with Crippen LogP contribution in [0.15, 0.2) is 23.9 Å². The first-order valence-electron chi connectivity index (χ1n) is 3.99. The Morgan fingerprint density at radius 3 is 2.85 bits per heavy atom. The van der Waals surface area contributed by atoms with E-state index < -0.39 is 17.8 Å². The Morgan fingerprint density at radius 2 is 2.38 bits per heavy atom. The van der Waals surface area contributed by atoms with Crippen LogP contribution < -0.4 is 5.32 Å². The van der Waals surface area contributed by atoms with Gasteiger partial charge in [-0.15, -0.1) is 0 Å². The summed E-state index contributed by atoms with van der Waals surface area (Å²) in [5.74, 6) is -2.80. The van der Waals surface area contributed by atoms with Crippen molar-refractivity contribution in [3.05, 3.63) is 23.9 Å². The Balaban J connectivity index is 2.99. The average molecular weight is 181 g/mol. The van der Waals surface area contributed by atoms with Crippen LogP contribution in [-0.2, 0) is 9.59 Å². The molecule has 0 aromatic heterocycles. The molecule has 0 saturated heterocycles. The van der Waals surface area contributed by atoms with Crippen LogP contribution >= 0.6 is 0 Å². The second kappa shape index (κ2) is 3.43. The lowest BCUT2D eigenvalue weighted by Crippen LogP contribution is -2.37. The van der Waals surface area contributed by atoms with Crippen LogP contribution in [0.4, 0.5) is 0 Å². The summed E-state index contributed by atoms with van der Waals surface area (Å²) in [6.07, 6.45) is 2.19. The van der Waals surface area contributed by atoms with Gasteiger partial charge in [0.25, 0.3) is 0 Å². The quantitative estimate of drug-likeness (QED) is 0.615. The fourth-order valence-electron chi connectivity index (χ4n) is 1.27. The molecule has 13 heavy (non-hydrogen) atoms. The molecule has 0 saturated carbocycles. The van der Waals surface area contributed by atoms with E-state index in [0.29, 0.717) is 12.0 Å². The number of hydrogen-bond acceptors (Lipinski definition) is 2. The maximum atomic E-state index is 11.1. The van der Waals surface area contributed by atoms with Gasteiger partial charge in [-0.25, -0.2) is 0 Å². The van der Waals surface area contributed by atoms with Gasteiger partial charge in [0, 0.05) is 6.20 Å². The van der Waals surface area contributed by atoms with Crippen molar-refractivity contribution in [1.29, 1.82) is 0 Å². The Hall–Kier alpha value is -1.58. The van der Waals surface area contributed by atoms with Crippen LogP contribution in [0, 0.1) is 5.92 Å². The number of hydrogen-bond donors (Lipinski definition) is 2. The Kier molecular flexibility index (Phi) is 2.51. The number of nitrogens with one attached hydrogen (secondary N) is 1. The third kappa shape index (κ3) is 1.61. The SMILES string of the molecule is C=C1C(CC)=CNC(=O)C1C(=O)O. The predicted molar refractivity (Wildman–Crippen MR) is 46.8 cm³/mol. The first-order chi connectivity index (χ1) is 6.07. The van der Waals surface area contributed by atoms with E-state index in [1.165, 1.54) is 6.20 Å². The first-order valence-corrected chi connectivity index (χ1v) is 3.99. The fraction of sp³-hybridized carbons (Fsp3) is 0.333. The molecule has 2 N–H and O–H groups in total. The molecule has 0 fully saturated rings. The second-order valence-corrected chi connectivity index (χ2v) is 2.83. The molecule has 70 valence electrons. The number of carbonyl (C=O) groups is 2. The molecule has 1 atom stereocenters. The minimum Gasteiger partial charge on any atom is -0.480 e. The van der Waals surface area contributed by atoms with Crippen LogP contribution in [0.3, 0.4) is 0 Å². The third-order valence-electron chi connectivity index (χ3n) is 2.04. The molecule has 0 aromatic rings. The molecule has 4 heteroatoms. The number of carboxylic acids is 1. The zero-order chi connectivity index (χ0) is 10.0. The molecule has 0 bridgehead atoms. The van der Waals surface area contributed by atoms with E-state index in [-0.39, 0.29) is 0 Å². The van der Waals surface area contributed by atoms with E-state index in [9.17, 15) is 9.59 Å². The van der Waals surface area contributed by atoms with E-state index in [4.69, 9.17) is 5.11 Å². The highest BCUT2D eigenvalue weighted by Gasteiger charge is 2.32. The summed E-state index contributed by atoms with van der Waals surface area (Å²) in [5.41, 5.74) is 1.17. The molecule has 0 radical (unpaired) electrons. The van der Waals surface area contributed by atoms with E-state index in [1.54, 1.807) is 0 Å². The molecule has 1 aliphatic heterocycles. The minimum absolute atomic E-state index is 0.388. The van der Waals surface area contributed by atoms with Crippen LogP contribution in [-0.4, -0.2) is 17.0 Å². The lowest BCUT2D eigenvalue weighted by atomic mass is 9.90. The maximum absolute atomic E-state index is 11.1. The number of carboxylic acid groups (broad SMARTS) is 1. The Labute approximate surface area is 75.9 Å². The number of rotatable bonds is 2. The van der Waals surface area contributed by atoms with Crippen molar-refractivity contribution < 1.29 is 14.7 Å². The minimum atomic E-state index is -1.15. The van der Waals surface area contributed by atoms with Crippen molar-refractivity contribution in [3.8, 4) is 0 Å². The standard InChI is InChI=1S/C9H11NO3/c1-3-6-4-10-8(11)7(5(6)2)9(12)13/h4,7H,2-3H2,1H3,(H,10,11)(H,12,13). The summed E-state index contributed by atoms with van der Waals surface area (Å²) in [6.45, 7) is 5.49. The predicted octanol–water partition coefficient (Wildman–Crippen LogP) is 0.667. The van der Waals surface area contributed by atoms with E-state index >= 15 is 0 Å². The maximum Gasteiger partial charge on any atom is 0.320 e. The van der Waals surface area contributed by atoms with E-state index in [1.807, 2.05) is 6.92 Å². The highest BCUT2D eigenvalue weighted by molar-refractivity contribution is 6.02. The topological polar surface area (TPSA) is 66.4 Å². The summed E-state index contributed by atoms with van der Waals surface area (Å²) in [5, 5.41) is 11.1. The summed E-state index contributed by atoms with van der Waals surface area (Å²) >= 11 is 0. The van der Waals surface area contributed by atoms with E-state index in [0.717, 1.165) is 5.57 Å². The zero-order valence-corrected chi connectivity index (χ0v) is 7.33. The molecule has 0 spiro atoms. The van der Waals surface area contributed by atoms with Crippen molar-refractivity contribution in [1.82, 2.24) is 5.32 Å². The molecular formula is C9H11NO3. The average Bonchev–Trinajstić information content (AvgIpc) is 2.04. The molecule has 1 rings (SSSR count). The number of carbonyl (C=O) groups excluding carboxylic acids is 1. The van der Waals surface area contributed by atoms with Crippen molar-refractivity contribution >= 4 is 11.9 Å². The zero-order valence-electron chi connectivity index (χ0n) is 7.33. The van der Waals surface area contributed by atoms with Crippen molar-refractivity contribution in [2.45, 2.75) is 13.3 Å². The van der Waals surface area contributed by atoms with Crippen molar-refractivity contribution in [2.75, 3.05) is 0 Å². The third-order valence-corrected chi connectivity index (χ3v) is 2.04. The van der Waals surface area contributed by atoms with Gasteiger partial charge in [0.15, 0.2) is 5.92 Å². The van der Waals surface area contributed by atoms with Gasteiger partial charge in [0.2, 0.25) is 5.91 Å². The number of aliphatic carboxylic acids is 1. The summed E-state index contributed by atoms with van der Waals surface area (Å²) in [7, 11) is 0. The van der Waals surface area contributed by atoms with Gasteiger partial charge in [-0.2, -0.15) is 0 Å². The molecule has 1 aliphatic rings. The van der Waals surface area contributed by atoms with Crippen molar-refractivity contribution in [2.24, 2.45) is 5.92 Å². The van der Waals surface area contributed by atoms with Gasteiger partial charge < -0.3 is 10.4 Å². The van der Waals surface area contributed by atoms with Gasteiger partial charge in [0.05, 0.1) is 0 Å². The highest BCUT2D eigenvalue weighted by Crippen LogP contribution is 2.24. The normalized spacial score (nSPS) is 22.2. The highest BCUT2D eigenvalue weighted by atomic mass is 16.4. The lowest BCUT2D eigenvalue weighted by molar-refractivity contribution is -0.145. The molecule has 1 amide bonds. The first kappa shape index (κ1) is 9.51. The monoisotopic (exact) mass is 181 g/mol. The Morgan fingerprint density at radius 1 is 1.77 bits per heavy atom. The summed E-state index contributed by atoms with van der Waals surface area (Å²) in [6, 6.07) is 0. The summed E-state index contributed by atoms with van der Waals surface area (Å²) < 4.78 is 0. The van der Waals surface area contributed by atoms with Crippen molar-refractivity contribution in [3.63, 3.8) is 0 Å². The largest absolute Gasteiger partial charge is 0.480 e. The smallest absolute Gasteiger partial charge is 0.320 e. The summed E-state index contributed by atoms with van der Waals surface area (Å²) in [4.78, 5) is 21.8. The molecule has 1 heterocycles. The van der Waals surface area contributed by atoms with Gasteiger partial charge in [-0.3, -0.25) is 9.59 Å². The Bertz CT molecular complexity index is 304. The van der Waals surface area contributed by atoms with Gasteiger partial charge in [-0.1, -0.05) is 13.5 Å². The van der Waals surface area contributed by atoms with Crippen LogP contribution in [0.1, 0.15) is 13.3 Å². The number of allylic oxidation sites excluding steroid dienone is 1. The number of amides is 1. The van der Waals surface area contributed by atoms with Gasteiger partial charge in [0.1, 0.15) is 0 Å². The van der Waals surface area contributed by atoms with Crippen LogP contribution in [0.25, 0.3) is 0 Å². The fourth-order valence-corrected chi connectivity index (χ4v) is 1.27. The molecule has 1 unspecified atom stereocenters. The van der Waals surface area contributed by atoms with Gasteiger partial charge in [-0.05, 0) is 17.6 Å². The molecule has 0 aliphatic carbocycles.